The average Bonchev–Trinajstić information content (AvgIpc) is 2.71. The first kappa shape index (κ1) is 20.3. The Morgan fingerprint density at radius 1 is 1.35 bits per heavy atom. The van der Waals surface area contributed by atoms with Crippen LogP contribution in [-0.4, -0.2) is 40.6 Å². The normalized spacial score (nSPS) is 21.0. The molecule has 2 atom stereocenters. The summed E-state index contributed by atoms with van der Waals surface area (Å²) in [7, 11) is 0. The van der Waals surface area contributed by atoms with Gasteiger partial charge in [-0.15, -0.1) is 0 Å². The number of hydrogen-bond acceptors (Lipinski definition) is 4. The van der Waals surface area contributed by atoms with Crippen LogP contribution in [0.5, 0.6) is 0 Å². The van der Waals surface area contributed by atoms with E-state index in [4.69, 9.17) is 5.73 Å². The summed E-state index contributed by atoms with van der Waals surface area (Å²) >= 11 is 1.14. The maximum absolute atomic E-state index is 13.0. The number of rotatable bonds is 5. The third kappa shape index (κ3) is 5.00. The van der Waals surface area contributed by atoms with Gasteiger partial charge >= 0.3 is 0 Å². The first-order valence-electron chi connectivity index (χ1n) is 8.79. The molecule has 142 valence electrons. The van der Waals surface area contributed by atoms with Crippen molar-refractivity contribution in [3.8, 4) is 0 Å². The summed E-state index contributed by atoms with van der Waals surface area (Å²) in [6.07, 6.45) is 1.54. The second kappa shape index (κ2) is 8.58. The molecule has 0 saturated carbocycles. The zero-order valence-corrected chi connectivity index (χ0v) is 16.3. The van der Waals surface area contributed by atoms with Crippen LogP contribution in [-0.2, 0) is 15.3 Å². The molecule has 1 aromatic carbocycles. The average molecular weight is 378 g/mol. The molecule has 0 aliphatic carbocycles. The molecule has 0 radical (unpaired) electrons. The Morgan fingerprint density at radius 3 is 2.62 bits per heavy atom. The smallest absolute Gasteiger partial charge is 0.280 e. The molecule has 2 unspecified atom stereocenters. The van der Waals surface area contributed by atoms with Crippen LogP contribution in [0.25, 0.3) is 0 Å². The number of nitrogens with zero attached hydrogens (tertiary/aromatic N) is 1. The highest BCUT2D eigenvalue weighted by Crippen LogP contribution is 2.32. The van der Waals surface area contributed by atoms with Gasteiger partial charge in [-0.25, -0.2) is 0 Å². The van der Waals surface area contributed by atoms with E-state index in [1.54, 1.807) is 6.92 Å². The third-order valence-electron chi connectivity index (χ3n) is 4.89. The largest absolute Gasteiger partial charge is 0.368 e. The fourth-order valence-corrected chi connectivity index (χ4v) is 3.83. The molecule has 1 aliphatic rings. The van der Waals surface area contributed by atoms with Gasteiger partial charge in [0, 0.05) is 12.3 Å². The van der Waals surface area contributed by atoms with Gasteiger partial charge in [0.05, 0.1) is 0 Å². The quantitative estimate of drug-likeness (QED) is 0.825. The topological polar surface area (TPSA) is 92.5 Å². The highest BCUT2D eigenvalue weighted by Gasteiger charge is 2.42. The van der Waals surface area contributed by atoms with Gasteiger partial charge in [0.25, 0.3) is 5.24 Å². The molecule has 3 amide bonds. The number of carbonyl (C=O) groups is 3. The maximum Gasteiger partial charge on any atom is 0.280 e. The summed E-state index contributed by atoms with van der Waals surface area (Å²) in [6, 6.07) is 8.32. The first-order chi connectivity index (χ1) is 12.2. The van der Waals surface area contributed by atoms with Crippen molar-refractivity contribution in [2.24, 2.45) is 11.1 Å². The molecule has 0 spiro atoms. The number of thioether (sulfide) groups is 1. The van der Waals surface area contributed by atoms with Gasteiger partial charge in [0.15, 0.2) is 0 Å². The summed E-state index contributed by atoms with van der Waals surface area (Å²) in [5.41, 5.74) is 6.03. The minimum absolute atomic E-state index is 0.242. The standard InChI is InChI=1S/C19H27N3O3S/c1-13(16(20)23)22-11-7-10-19(2,3)15(17(22)24)21-18(25)26-12-14-8-5-4-6-9-14/h4-6,8-9,13,15H,7,10-12H2,1-3H3,(H2,20,23)(H,21,25). The van der Waals surface area contributed by atoms with Crippen molar-refractivity contribution >= 4 is 28.8 Å². The van der Waals surface area contributed by atoms with Crippen LogP contribution in [0.15, 0.2) is 30.3 Å². The van der Waals surface area contributed by atoms with Gasteiger partial charge < -0.3 is 16.0 Å². The molecule has 2 rings (SSSR count). The van der Waals surface area contributed by atoms with Crippen molar-refractivity contribution in [2.45, 2.75) is 51.4 Å². The number of likely N-dealkylation sites (tertiary alicyclic amines) is 1. The number of nitrogens with two attached hydrogens (primary N) is 1. The summed E-state index contributed by atoms with van der Waals surface area (Å²) in [6.45, 7) is 6.03. The van der Waals surface area contributed by atoms with E-state index in [0.717, 1.165) is 30.2 Å². The van der Waals surface area contributed by atoms with E-state index in [1.165, 1.54) is 4.90 Å². The lowest BCUT2D eigenvalue weighted by Gasteiger charge is -2.34. The minimum atomic E-state index is -0.687. The number of carbonyl (C=O) groups excluding carboxylic acids is 3. The minimum Gasteiger partial charge on any atom is -0.368 e. The van der Waals surface area contributed by atoms with Gasteiger partial charge in [0.1, 0.15) is 12.1 Å². The maximum atomic E-state index is 13.0. The van der Waals surface area contributed by atoms with E-state index in [9.17, 15) is 14.4 Å². The van der Waals surface area contributed by atoms with Gasteiger partial charge in [-0.05, 0) is 30.7 Å². The molecule has 6 nitrogen and oxygen atoms in total. The second-order valence-corrected chi connectivity index (χ2v) is 8.29. The van der Waals surface area contributed by atoms with Crippen molar-refractivity contribution < 1.29 is 14.4 Å². The molecular formula is C19H27N3O3S. The molecule has 1 aliphatic heterocycles. The van der Waals surface area contributed by atoms with Crippen LogP contribution in [0.2, 0.25) is 0 Å². The Bertz CT molecular complexity index is 663. The first-order valence-corrected chi connectivity index (χ1v) is 9.78. The number of hydrogen-bond donors (Lipinski definition) is 2. The molecule has 1 fully saturated rings. The predicted octanol–water partition coefficient (Wildman–Crippen LogP) is 2.52. The molecule has 3 N–H and O–H groups in total. The fraction of sp³-hybridized carbons (Fsp3) is 0.526. The van der Waals surface area contributed by atoms with Crippen LogP contribution in [0, 0.1) is 5.41 Å². The molecule has 0 bridgehead atoms. The van der Waals surface area contributed by atoms with Crippen LogP contribution in [0.4, 0.5) is 4.79 Å². The monoisotopic (exact) mass is 377 g/mol. The molecule has 1 aromatic rings. The van der Waals surface area contributed by atoms with Gasteiger partial charge in [-0.3, -0.25) is 14.4 Å². The van der Waals surface area contributed by atoms with Crippen molar-refractivity contribution in [2.75, 3.05) is 6.54 Å². The Hall–Kier alpha value is -2.02. The number of benzene rings is 1. The summed E-state index contributed by atoms with van der Waals surface area (Å²) in [5.74, 6) is -0.246. The van der Waals surface area contributed by atoms with Crippen molar-refractivity contribution in [3.05, 3.63) is 35.9 Å². The summed E-state index contributed by atoms with van der Waals surface area (Å²) < 4.78 is 0. The van der Waals surface area contributed by atoms with Crippen molar-refractivity contribution in [1.29, 1.82) is 0 Å². The summed E-state index contributed by atoms with van der Waals surface area (Å²) in [5, 5.41) is 2.63. The van der Waals surface area contributed by atoms with Crippen LogP contribution < -0.4 is 11.1 Å². The Kier molecular flexibility index (Phi) is 6.69. The Labute approximate surface area is 158 Å². The Morgan fingerprint density at radius 2 is 2.00 bits per heavy atom. The zero-order valence-electron chi connectivity index (χ0n) is 15.5. The van der Waals surface area contributed by atoms with E-state index in [1.807, 2.05) is 44.2 Å². The second-order valence-electron chi connectivity index (χ2n) is 7.34. The fourth-order valence-electron chi connectivity index (χ4n) is 3.14. The lowest BCUT2D eigenvalue weighted by molar-refractivity contribution is -0.141. The third-order valence-corrected chi connectivity index (χ3v) is 5.74. The van der Waals surface area contributed by atoms with E-state index in [2.05, 4.69) is 5.32 Å². The van der Waals surface area contributed by atoms with Gasteiger partial charge in [-0.2, -0.15) is 0 Å². The molecule has 7 heteroatoms. The highest BCUT2D eigenvalue weighted by molar-refractivity contribution is 8.12. The number of nitrogens with one attached hydrogen (secondary N) is 1. The van der Waals surface area contributed by atoms with Crippen LogP contribution in [0.3, 0.4) is 0 Å². The van der Waals surface area contributed by atoms with Crippen molar-refractivity contribution in [3.63, 3.8) is 0 Å². The molecule has 26 heavy (non-hydrogen) atoms. The highest BCUT2D eigenvalue weighted by atomic mass is 32.2. The van der Waals surface area contributed by atoms with E-state index in [0.29, 0.717) is 12.3 Å². The summed E-state index contributed by atoms with van der Waals surface area (Å²) in [4.78, 5) is 38.5. The zero-order chi connectivity index (χ0) is 19.3. The SMILES string of the molecule is CC(C(N)=O)N1CCCC(C)(C)C(NC(=O)SCc2ccccc2)C1=O. The van der Waals surface area contributed by atoms with Crippen LogP contribution in [0.1, 0.15) is 39.2 Å². The molecule has 0 aromatic heterocycles. The Balaban J connectivity index is 2.08. The van der Waals surface area contributed by atoms with Crippen LogP contribution >= 0.6 is 11.8 Å². The lowest BCUT2D eigenvalue weighted by atomic mass is 9.80. The predicted molar refractivity (Wildman–Crippen MR) is 103 cm³/mol. The van der Waals surface area contributed by atoms with E-state index in [-0.39, 0.29) is 11.1 Å². The van der Waals surface area contributed by atoms with Crippen molar-refractivity contribution in [1.82, 2.24) is 10.2 Å². The molecule has 1 heterocycles. The van der Waals surface area contributed by atoms with E-state index >= 15 is 0 Å². The van der Waals surface area contributed by atoms with E-state index < -0.39 is 23.4 Å². The van der Waals surface area contributed by atoms with Gasteiger partial charge in [0.2, 0.25) is 11.8 Å². The molecular weight excluding hydrogens is 350 g/mol. The number of primary amides is 1. The molecule has 1 saturated heterocycles. The lowest BCUT2D eigenvalue weighted by Crippen LogP contribution is -2.56. The van der Waals surface area contributed by atoms with Gasteiger partial charge in [-0.1, -0.05) is 55.9 Å². The number of amides is 3.